The van der Waals surface area contributed by atoms with Crippen LogP contribution in [0.1, 0.15) is 12.8 Å². The number of carbonyl (C=O) groups excluding carboxylic acids is 2. The highest BCUT2D eigenvalue weighted by atomic mass is 16.4. The topological polar surface area (TPSA) is 156 Å². The number of amides is 2. The van der Waals surface area contributed by atoms with E-state index in [0.29, 0.717) is 0 Å². The Balaban J connectivity index is 4.28. The molecule has 0 aliphatic rings. The molecule has 0 bridgehead atoms. The van der Waals surface area contributed by atoms with Crippen LogP contribution in [0, 0.1) is 0 Å². The molecule has 0 radical (unpaired) electrons. The molecule has 0 aromatic heterocycles. The number of rotatable bonds is 7. The number of hydrogen-bond acceptors (Lipinski definition) is 5. The van der Waals surface area contributed by atoms with Gasteiger partial charge in [-0.05, 0) is 6.42 Å². The van der Waals surface area contributed by atoms with Gasteiger partial charge in [0.1, 0.15) is 12.1 Å². The van der Waals surface area contributed by atoms with Gasteiger partial charge in [-0.15, -0.1) is 0 Å². The van der Waals surface area contributed by atoms with E-state index in [1.807, 2.05) is 0 Å². The molecule has 7 N–H and O–H groups in total. The van der Waals surface area contributed by atoms with Crippen molar-refractivity contribution in [3.8, 4) is 0 Å². The summed E-state index contributed by atoms with van der Waals surface area (Å²) in [6, 6.07) is -2.26. The molecule has 2 unspecified atom stereocenters. The average Bonchev–Trinajstić information content (AvgIpc) is 2.21. The van der Waals surface area contributed by atoms with Gasteiger partial charge in [0.05, 0.1) is 6.61 Å². The molecule has 0 heterocycles. The molecule has 16 heavy (non-hydrogen) atoms. The number of aliphatic hydroxyl groups excluding tert-OH is 1. The second-order valence-corrected chi connectivity index (χ2v) is 3.19. The quantitative estimate of drug-likeness (QED) is 0.318. The summed E-state index contributed by atoms with van der Waals surface area (Å²) in [6.07, 6.45) is -0.420. The molecule has 0 aliphatic heterocycles. The van der Waals surface area contributed by atoms with Gasteiger partial charge in [0.15, 0.2) is 0 Å². The minimum atomic E-state index is -1.16. The highest BCUT2D eigenvalue weighted by Crippen LogP contribution is 1.97. The van der Waals surface area contributed by atoms with E-state index in [0.717, 1.165) is 0 Å². The van der Waals surface area contributed by atoms with Crippen molar-refractivity contribution in [2.75, 3.05) is 6.61 Å². The molecule has 0 saturated heterocycles. The maximum absolute atomic E-state index is 11.2. The Hall–Kier alpha value is -1.67. The third-order valence-corrected chi connectivity index (χ3v) is 1.84. The molecule has 8 heteroatoms. The van der Waals surface area contributed by atoms with Crippen molar-refractivity contribution in [3.63, 3.8) is 0 Å². The predicted octanol–water partition coefficient (Wildman–Crippen LogP) is -2.86. The number of aliphatic carboxylic acids is 1. The van der Waals surface area contributed by atoms with Gasteiger partial charge < -0.3 is 27.0 Å². The van der Waals surface area contributed by atoms with Crippen molar-refractivity contribution in [2.45, 2.75) is 24.9 Å². The number of primary amides is 1. The Labute approximate surface area is 91.6 Å². The summed E-state index contributed by atoms with van der Waals surface area (Å²) >= 11 is 0. The van der Waals surface area contributed by atoms with Crippen molar-refractivity contribution >= 4 is 17.8 Å². The predicted molar refractivity (Wildman–Crippen MR) is 53.1 cm³/mol. The zero-order valence-electron chi connectivity index (χ0n) is 8.55. The molecule has 0 spiro atoms. The van der Waals surface area contributed by atoms with Gasteiger partial charge in [0.25, 0.3) is 0 Å². The summed E-state index contributed by atoms with van der Waals surface area (Å²) < 4.78 is 0. The molecule has 92 valence electrons. The maximum Gasteiger partial charge on any atom is 0.303 e. The lowest BCUT2D eigenvalue weighted by molar-refractivity contribution is -0.137. The van der Waals surface area contributed by atoms with E-state index in [9.17, 15) is 14.4 Å². The Kier molecular flexibility index (Phi) is 6.04. The number of carboxylic acid groups (broad SMARTS) is 1. The van der Waals surface area contributed by atoms with Gasteiger partial charge in [-0.2, -0.15) is 0 Å². The fourth-order valence-electron chi connectivity index (χ4n) is 0.915. The molecule has 0 saturated carbocycles. The molecule has 0 aromatic rings. The van der Waals surface area contributed by atoms with E-state index < -0.39 is 36.5 Å². The molecule has 0 rings (SSSR count). The maximum atomic E-state index is 11.2. The molecule has 0 aromatic carbocycles. The summed E-state index contributed by atoms with van der Waals surface area (Å²) in [5.41, 5.74) is 10.2. The summed E-state index contributed by atoms with van der Waals surface area (Å²) in [6.45, 7) is -0.573. The molecule has 0 fully saturated rings. The van der Waals surface area contributed by atoms with E-state index in [-0.39, 0.29) is 12.8 Å². The number of nitrogens with one attached hydrogen (secondary N) is 1. The van der Waals surface area contributed by atoms with Gasteiger partial charge in [0.2, 0.25) is 11.8 Å². The lowest BCUT2D eigenvalue weighted by Gasteiger charge is -2.16. The van der Waals surface area contributed by atoms with E-state index in [2.05, 4.69) is 5.32 Å². The summed E-state index contributed by atoms with van der Waals surface area (Å²) in [7, 11) is 0. The van der Waals surface area contributed by atoms with Crippen LogP contribution < -0.4 is 16.8 Å². The number of nitrogens with two attached hydrogens (primary N) is 2. The monoisotopic (exact) mass is 233 g/mol. The zero-order chi connectivity index (χ0) is 12.7. The first-order valence-corrected chi connectivity index (χ1v) is 4.56. The minimum Gasteiger partial charge on any atom is -0.481 e. The Morgan fingerprint density at radius 2 is 1.88 bits per heavy atom. The van der Waals surface area contributed by atoms with Crippen LogP contribution in [0.25, 0.3) is 0 Å². The van der Waals surface area contributed by atoms with Crippen molar-refractivity contribution in [3.05, 3.63) is 0 Å². The van der Waals surface area contributed by atoms with Crippen LogP contribution in [0.15, 0.2) is 0 Å². The molecule has 2 amide bonds. The third kappa shape index (κ3) is 5.27. The van der Waals surface area contributed by atoms with Crippen LogP contribution in [-0.2, 0) is 14.4 Å². The first-order chi connectivity index (χ1) is 7.38. The van der Waals surface area contributed by atoms with Crippen molar-refractivity contribution in [1.29, 1.82) is 0 Å². The zero-order valence-corrected chi connectivity index (χ0v) is 8.55. The van der Waals surface area contributed by atoms with Crippen LogP contribution in [0.2, 0.25) is 0 Å². The first kappa shape index (κ1) is 14.3. The molecule has 2 atom stereocenters. The minimum absolute atomic E-state index is 0.117. The fraction of sp³-hybridized carbons (Fsp3) is 0.625. The number of hydrogen-bond donors (Lipinski definition) is 5. The van der Waals surface area contributed by atoms with E-state index >= 15 is 0 Å². The lowest BCUT2D eigenvalue weighted by atomic mass is 10.1. The Morgan fingerprint density at radius 1 is 1.31 bits per heavy atom. The SMILES string of the molecule is NC(=O)C(CCC(=O)O)NC(=O)C(N)CO. The van der Waals surface area contributed by atoms with Gasteiger partial charge in [0, 0.05) is 6.42 Å². The van der Waals surface area contributed by atoms with Crippen LogP contribution in [0.4, 0.5) is 0 Å². The smallest absolute Gasteiger partial charge is 0.303 e. The number of carbonyl (C=O) groups is 3. The molecular weight excluding hydrogens is 218 g/mol. The van der Waals surface area contributed by atoms with Crippen LogP contribution in [0.3, 0.4) is 0 Å². The average molecular weight is 233 g/mol. The summed E-state index contributed by atoms with van der Waals surface area (Å²) in [4.78, 5) is 32.3. The summed E-state index contributed by atoms with van der Waals surface area (Å²) in [5.74, 6) is -2.71. The van der Waals surface area contributed by atoms with E-state index in [1.165, 1.54) is 0 Å². The van der Waals surface area contributed by atoms with E-state index in [4.69, 9.17) is 21.7 Å². The van der Waals surface area contributed by atoms with Gasteiger partial charge >= 0.3 is 5.97 Å². The van der Waals surface area contributed by atoms with Gasteiger partial charge in [-0.1, -0.05) is 0 Å². The van der Waals surface area contributed by atoms with Crippen LogP contribution in [-0.4, -0.2) is 46.7 Å². The second-order valence-electron chi connectivity index (χ2n) is 3.19. The van der Waals surface area contributed by atoms with Crippen molar-refractivity contribution < 1.29 is 24.6 Å². The summed E-state index contributed by atoms with van der Waals surface area (Å²) in [5, 5.41) is 19.1. The van der Waals surface area contributed by atoms with Crippen LogP contribution >= 0.6 is 0 Å². The fourth-order valence-corrected chi connectivity index (χ4v) is 0.915. The van der Waals surface area contributed by atoms with Crippen molar-refractivity contribution in [2.24, 2.45) is 11.5 Å². The first-order valence-electron chi connectivity index (χ1n) is 4.56. The Bertz CT molecular complexity index is 281. The lowest BCUT2D eigenvalue weighted by Crippen LogP contribution is -2.51. The van der Waals surface area contributed by atoms with Crippen molar-refractivity contribution in [1.82, 2.24) is 5.32 Å². The standard InChI is InChI=1S/C8H15N3O5/c9-4(3-12)8(16)11-5(7(10)15)1-2-6(13)14/h4-5,12H,1-3,9H2,(H2,10,15)(H,11,16)(H,13,14). The normalized spacial score (nSPS) is 13.9. The number of aliphatic hydroxyl groups is 1. The van der Waals surface area contributed by atoms with Crippen LogP contribution in [0.5, 0.6) is 0 Å². The molecule has 0 aliphatic carbocycles. The second kappa shape index (κ2) is 6.75. The molecule has 8 nitrogen and oxygen atoms in total. The Morgan fingerprint density at radius 3 is 2.25 bits per heavy atom. The number of carboxylic acids is 1. The highest BCUT2D eigenvalue weighted by Gasteiger charge is 2.21. The molecular formula is C8H15N3O5. The van der Waals surface area contributed by atoms with Gasteiger partial charge in [-0.25, -0.2) is 0 Å². The third-order valence-electron chi connectivity index (χ3n) is 1.84. The van der Waals surface area contributed by atoms with E-state index in [1.54, 1.807) is 0 Å². The highest BCUT2D eigenvalue weighted by molar-refractivity contribution is 5.89. The largest absolute Gasteiger partial charge is 0.481 e. The van der Waals surface area contributed by atoms with Gasteiger partial charge in [-0.3, -0.25) is 14.4 Å².